The van der Waals surface area contributed by atoms with Crippen LogP contribution in [-0.2, 0) is 9.59 Å². The molecule has 1 aliphatic carbocycles. The average Bonchev–Trinajstić information content (AvgIpc) is 3.44. The van der Waals surface area contributed by atoms with Crippen molar-refractivity contribution in [2.45, 2.75) is 70.4 Å². The summed E-state index contributed by atoms with van der Waals surface area (Å²) in [6.45, 7) is 2.79. The number of amides is 1. The van der Waals surface area contributed by atoms with E-state index in [1.807, 2.05) is 0 Å². The molecule has 1 aliphatic heterocycles. The third kappa shape index (κ3) is 4.45. The number of furan rings is 1. The van der Waals surface area contributed by atoms with Crippen LogP contribution in [0, 0.1) is 0 Å². The van der Waals surface area contributed by atoms with E-state index >= 15 is 0 Å². The zero-order chi connectivity index (χ0) is 22.5. The molecule has 1 saturated carbocycles. The van der Waals surface area contributed by atoms with Crippen LogP contribution < -0.4 is 4.74 Å². The van der Waals surface area contributed by atoms with Gasteiger partial charge in [-0.2, -0.15) is 0 Å². The highest BCUT2D eigenvalue weighted by Gasteiger charge is 2.50. The SMILES string of the molecule is CCCCCOc1ccc(/C(O)=C2/C(=O)C(=O)N(C3CCCCC3)C2c2ccco2)cc1. The van der Waals surface area contributed by atoms with Crippen LogP contribution in [0.15, 0.2) is 52.7 Å². The van der Waals surface area contributed by atoms with Crippen molar-refractivity contribution in [3.8, 4) is 5.75 Å². The van der Waals surface area contributed by atoms with E-state index in [0.717, 1.165) is 51.4 Å². The van der Waals surface area contributed by atoms with E-state index in [1.54, 1.807) is 41.3 Å². The standard InChI is InChI=1S/C26H31NO5/c1-2-3-7-16-31-20-14-12-18(13-15-20)24(28)22-23(21-11-8-17-32-21)27(26(30)25(22)29)19-9-5-4-6-10-19/h8,11-15,17,19,23,28H,2-7,9-10,16H2,1H3/b24-22-. The third-order valence-electron chi connectivity index (χ3n) is 6.41. The number of hydrogen-bond acceptors (Lipinski definition) is 5. The molecule has 4 rings (SSSR count). The molecule has 6 nitrogen and oxygen atoms in total. The first-order valence-electron chi connectivity index (χ1n) is 11.7. The number of benzene rings is 1. The summed E-state index contributed by atoms with van der Waals surface area (Å²) >= 11 is 0. The van der Waals surface area contributed by atoms with Gasteiger partial charge in [-0.25, -0.2) is 0 Å². The molecule has 32 heavy (non-hydrogen) atoms. The molecule has 1 saturated heterocycles. The summed E-state index contributed by atoms with van der Waals surface area (Å²) in [5.41, 5.74) is 0.566. The number of aliphatic hydroxyl groups is 1. The molecule has 2 aliphatic rings. The highest BCUT2D eigenvalue weighted by molar-refractivity contribution is 6.46. The lowest BCUT2D eigenvalue weighted by Gasteiger charge is -2.34. The molecule has 1 unspecified atom stereocenters. The molecule has 2 aromatic rings. The smallest absolute Gasteiger partial charge is 0.296 e. The molecule has 1 aromatic heterocycles. The van der Waals surface area contributed by atoms with E-state index in [0.29, 0.717) is 23.7 Å². The number of hydrogen-bond donors (Lipinski definition) is 1. The van der Waals surface area contributed by atoms with Gasteiger partial charge < -0.3 is 19.2 Å². The molecule has 1 N–H and O–H groups in total. The van der Waals surface area contributed by atoms with Crippen LogP contribution in [-0.4, -0.2) is 34.3 Å². The molecule has 170 valence electrons. The number of ether oxygens (including phenoxy) is 1. The first-order valence-corrected chi connectivity index (χ1v) is 11.7. The fraction of sp³-hybridized carbons (Fsp3) is 0.462. The lowest BCUT2D eigenvalue weighted by atomic mass is 9.92. The lowest BCUT2D eigenvalue weighted by Crippen LogP contribution is -2.40. The van der Waals surface area contributed by atoms with E-state index in [2.05, 4.69) is 6.92 Å². The maximum absolute atomic E-state index is 13.1. The van der Waals surface area contributed by atoms with Gasteiger partial charge in [0.1, 0.15) is 23.3 Å². The molecule has 1 atom stereocenters. The second kappa shape index (κ2) is 10.1. The van der Waals surface area contributed by atoms with E-state index in [9.17, 15) is 14.7 Å². The molecule has 0 radical (unpaired) electrons. The summed E-state index contributed by atoms with van der Waals surface area (Å²) in [6.07, 6.45) is 9.67. The minimum atomic E-state index is -0.710. The summed E-state index contributed by atoms with van der Waals surface area (Å²) < 4.78 is 11.4. The monoisotopic (exact) mass is 437 g/mol. The Bertz CT molecular complexity index is 955. The first kappa shape index (κ1) is 22.2. The molecule has 1 amide bonds. The van der Waals surface area contributed by atoms with Crippen LogP contribution in [0.5, 0.6) is 5.75 Å². The van der Waals surface area contributed by atoms with Gasteiger partial charge in [0.25, 0.3) is 11.7 Å². The number of ketones is 1. The second-order valence-corrected chi connectivity index (χ2v) is 8.59. The summed E-state index contributed by atoms with van der Waals surface area (Å²) in [4.78, 5) is 27.8. The highest BCUT2D eigenvalue weighted by atomic mass is 16.5. The Morgan fingerprint density at radius 1 is 1.09 bits per heavy atom. The van der Waals surface area contributed by atoms with Gasteiger partial charge in [-0.15, -0.1) is 0 Å². The molecular formula is C26H31NO5. The number of nitrogens with zero attached hydrogens (tertiary/aromatic N) is 1. The topological polar surface area (TPSA) is 80.0 Å². The van der Waals surface area contributed by atoms with Crippen LogP contribution in [0.4, 0.5) is 0 Å². The number of carbonyl (C=O) groups is 2. The Morgan fingerprint density at radius 3 is 2.50 bits per heavy atom. The van der Waals surface area contributed by atoms with Gasteiger partial charge in [0.2, 0.25) is 0 Å². The van der Waals surface area contributed by atoms with Crippen LogP contribution in [0.25, 0.3) is 5.76 Å². The van der Waals surface area contributed by atoms with Gasteiger partial charge in [0.15, 0.2) is 0 Å². The molecule has 0 bridgehead atoms. The van der Waals surface area contributed by atoms with Crippen LogP contribution in [0.2, 0.25) is 0 Å². The molecule has 2 fully saturated rings. The maximum atomic E-state index is 13.1. The highest BCUT2D eigenvalue weighted by Crippen LogP contribution is 2.43. The van der Waals surface area contributed by atoms with Crippen molar-refractivity contribution in [1.29, 1.82) is 0 Å². The molecule has 2 heterocycles. The summed E-state index contributed by atoms with van der Waals surface area (Å²) in [5.74, 6) is -0.194. The number of likely N-dealkylation sites (tertiary alicyclic amines) is 1. The van der Waals surface area contributed by atoms with E-state index in [1.165, 1.54) is 6.26 Å². The van der Waals surface area contributed by atoms with Crippen molar-refractivity contribution in [3.63, 3.8) is 0 Å². The first-order chi connectivity index (χ1) is 15.6. The predicted molar refractivity (Wildman–Crippen MR) is 121 cm³/mol. The molecule has 0 spiro atoms. The number of Topliss-reactive ketones (excluding diaryl/α,β-unsaturated/α-hetero) is 1. The fourth-order valence-corrected chi connectivity index (χ4v) is 4.72. The summed E-state index contributed by atoms with van der Waals surface area (Å²) in [7, 11) is 0. The van der Waals surface area contributed by atoms with Crippen molar-refractivity contribution >= 4 is 17.4 Å². The minimum absolute atomic E-state index is 0.0282. The zero-order valence-electron chi connectivity index (χ0n) is 18.6. The van der Waals surface area contributed by atoms with E-state index in [4.69, 9.17) is 9.15 Å². The van der Waals surface area contributed by atoms with Gasteiger partial charge in [-0.3, -0.25) is 9.59 Å². The van der Waals surface area contributed by atoms with E-state index in [-0.39, 0.29) is 17.4 Å². The average molecular weight is 438 g/mol. The Kier molecular flexibility index (Phi) is 6.98. The predicted octanol–water partition coefficient (Wildman–Crippen LogP) is 5.60. The zero-order valence-corrected chi connectivity index (χ0v) is 18.6. The largest absolute Gasteiger partial charge is 0.507 e. The van der Waals surface area contributed by atoms with Gasteiger partial charge in [0, 0.05) is 11.6 Å². The van der Waals surface area contributed by atoms with Crippen molar-refractivity contribution in [2.75, 3.05) is 6.61 Å². The lowest BCUT2D eigenvalue weighted by molar-refractivity contribution is -0.142. The third-order valence-corrected chi connectivity index (χ3v) is 6.41. The van der Waals surface area contributed by atoms with Gasteiger partial charge in [-0.1, -0.05) is 39.0 Å². The van der Waals surface area contributed by atoms with Crippen molar-refractivity contribution in [2.24, 2.45) is 0 Å². The number of aliphatic hydroxyl groups excluding tert-OH is 1. The Hall–Kier alpha value is -3.02. The van der Waals surface area contributed by atoms with Crippen LogP contribution in [0.3, 0.4) is 0 Å². The van der Waals surface area contributed by atoms with Crippen LogP contribution >= 0.6 is 0 Å². The van der Waals surface area contributed by atoms with Crippen molar-refractivity contribution < 1.29 is 23.8 Å². The maximum Gasteiger partial charge on any atom is 0.296 e. The minimum Gasteiger partial charge on any atom is -0.507 e. The van der Waals surface area contributed by atoms with Crippen LogP contribution in [0.1, 0.15) is 75.7 Å². The van der Waals surface area contributed by atoms with Gasteiger partial charge >= 0.3 is 0 Å². The summed E-state index contributed by atoms with van der Waals surface area (Å²) in [5, 5.41) is 11.1. The number of unbranched alkanes of at least 4 members (excludes halogenated alkanes) is 2. The number of rotatable bonds is 8. The van der Waals surface area contributed by atoms with Gasteiger partial charge in [0.05, 0.1) is 18.4 Å². The summed E-state index contributed by atoms with van der Waals surface area (Å²) in [6, 6.07) is 9.75. The Morgan fingerprint density at radius 2 is 1.84 bits per heavy atom. The number of carbonyl (C=O) groups excluding carboxylic acids is 2. The molecule has 6 heteroatoms. The molecule has 1 aromatic carbocycles. The second-order valence-electron chi connectivity index (χ2n) is 8.59. The quantitative estimate of drug-likeness (QED) is 0.252. The Labute approximate surface area is 188 Å². The normalized spacial score (nSPS) is 21.3. The Balaban J connectivity index is 1.65. The fourth-order valence-electron chi connectivity index (χ4n) is 4.72. The van der Waals surface area contributed by atoms with Crippen molar-refractivity contribution in [3.05, 3.63) is 59.6 Å². The van der Waals surface area contributed by atoms with E-state index < -0.39 is 17.7 Å². The molecular weight excluding hydrogens is 406 g/mol. The van der Waals surface area contributed by atoms with Gasteiger partial charge in [-0.05, 0) is 55.7 Å². The van der Waals surface area contributed by atoms with Crippen molar-refractivity contribution in [1.82, 2.24) is 4.90 Å².